The predicted octanol–water partition coefficient (Wildman–Crippen LogP) is 11.3. The van der Waals surface area contributed by atoms with Crippen LogP contribution in [0.5, 0.6) is 23.3 Å². The maximum atomic E-state index is 7.53. The molecule has 6 fully saturated rings. The van der Waals surface area contributed by atoms with E-state index in [9.17, 15) is 0 Å². The largest absolute Gasteiger partial charge is 0.497 e. The lowest BCUT2D eigenvalue weighted by Gasteiger charge is -2.52. The molecular formula is C58H60N8O4. The van der Waals surface area contributed by atoms with Crippen LogP contribution < -0.4 is 18.9 Å². The van der Waals surface area contributed by atoms with Gasteiger partial charge in [-0.15, -0.1) is 10.2 Å². The van der Waals surface area contributed by atoms with Gasteiger partial charge in [0.2, 0.25) is 0 Å². The van der Waals surface area contributed by atoms with Gasteiger partial charge in [0.15, 0.2) is 11.0 Å². The molecule has 6 aliphatic heterocycles. The number of methoxy groups -OCH3 is 2. The molecule has 356 valence electrons. The van der Waals surface area contributed by atoms with Crippen molar-refractivity contribution in [3.05, 3.63) is 133 Å². The van der Waals surface area contributed by atoms with E-state index in [0.29, 0.717) is 46.5 Å². The molecule has 0 amide bonds. The monoisotopic (exact) mass is 932 g/mol. The molecule has 10 atom stereocenters. The number of fused-ring (bicyclic) bond motifs is 9. The first-order chi connectivity index (χ1) is 34.5. The Kier molecular flexibility index (Phi) is 12.0. The van der Waals surface area contributed by atoms with E-state index in [0.717, 1.165) is 119 Å². The van der Waals surface area contributed by atoms with Crippen LogP contribution in [0, 0.1) is 23.7 Å². The Morgan fingerprint density at radius 3 is 1.39 bits per heavy atom. The number of pyridine rings is 2. The minimum atomic E-state index is -0.443. The van der Waals surface area contributed by atoms with Gasteiger partial charge in [-0.2, -0.15) is 0 Å². The highest BCUT2D eigenvalue weighted by Crippen LogP contribution is 2.48. The van der Waals surface area contributed by atoms with Gasteiger partial charge in [-0.05, 0) is 111 Å². The van der Waals surface area contributed by atoms with Gasteiger partial charge in [-0.1, -0.05) is 87.4 Å². The molecule has 8 aromatic rings. The van der Waals surface area contributed by atoms with Crippen LogP contribution >= 0.6 is 0 Å². The third kappa shape index (κ3) is 8.04. The van der Waals surface area contributed by atoms with Crippen LogP contribution in [-0.4, -0.2) is 92.4 Å². The van der Waals surface area contributed by atoms with Crippen LogP contribution in [0.3, 0.4) is 0 Å². The van der Waals surface area contributed by atoms with Gasteiger partial charge in [0.05, 0.1) is 48.7 Å². The van der Waals surface area contributed by atoms with Crippen LogP contribution in [0.25, 0.3) is 55.4 Å². The third-order valence-corrected chi connectivity index (χ3v) is 16.3. The first kappa shape index (κ1) is 44.4. The van der Waals surface area contributed by atoms with Crippen LogP contribution in [0.4, 0.5) is 0 Å². The van der Waals surface area contributed by atoms with E-state index in [2.05, 4.69) is 72.2 Å². The number of piperidine rings is 6. The highest BCUT2D eigenvalue weighted by Gasteiger charge is 2.46. The number of nitrogens with zero attached hydrogens (tertiary/aromatic N) is 8. The average molecular weight is 933 g/mol. The van der Waals surface area contributed by atoms with Crippen LogP contribution in [-0.2, 0) is 0 Å². The molecule has 12 heteroatoms. The van der Waals surface area contributed by atoms with E-state index >= 15 is 0 Å². The fraction of sp³-hybridized carbons (Fsp3) is 0.379. The smallest absolute Gasteiger partial charge is 0.262 e. The number of benzene rings is 4. The van der Waals surface area contributed by atoms with E-state index in [1.54, 1.807) is 14.2 Å². The maximum Gasteiger partial charge on any atom is 0.262 e. The molecule has 10 heterocycles. The molecule has 6 aliphatic rings. The topological polar surface area (TPSA) is 121 Å². The van der Waals surface area contributed by atoms with E-state index < -0.39 is 12.2 Å². The lowest BCUT2D eigenvalue weighted by Crippen LogP contribution is -2.56. The summed E-state index contributed by atoms with van der Waals surface area (Å²) in [6.45, 7) is 8.75. The molecule has 12 nitrogen and oxygen atoms in total. The second-order valence-corrected chi connectivity index (χ2v) is 19.8. The van der Waals surface area contributed by atoms with Crippen LogP contribution in [0.1, 0.15) is 75.7 Å². The van der Waals surface area contributed by atoms with Crippen molar-refractivity contribution in [2.45, 2.75) is 76.7 Å². The zero-order chi connectivity index (χ0) is 47.3. The maximum absolute atomic E-state index is 7.53. The highest BCUT2D eigenvalue weighted by atomic mass is 16.5. The summed E-state index contributed by atoms with van der Waals surface area (Å²) in [5.41, 5.74) is 8.06. The van der Waals surface area contributed by atoms with Crippen molar-refractivity contribution >= 4 is 32.8 Å². The number of ether oxygens (including phenoxy) is 4. The number of hydrogen-bond acceptors (Lipinski definition) is 12. The second-order valence-electron chi connectivity index (χ2n) is 19.8. The third-order valence-electron chi connectivity index (χ3n) is 16.3. The highest BCUT2D eigenvalue weighted by molar-refractivity contribution is 5.91. The molecule has 0 saturated carbocycles. The molecular weight excluding hydrogens is 873 g/mol. The summed E-state index contributed by atoms with van der Waals surface area (Å²) in [5.74, 6) is 4.65. The SMILES string of the molecule is CC[C@H]1CN2CC[C@H]1C[C@@H]2[C@H](Oc1nnc(O[C@H](c2ccnc3ccc(OC)cc23)[C@H]2C[C@@H]3CCN2C[C@@H]3CC)c2nc(-c3ccccc3)c(-c3ccccc3)nc12)c1ccnc2ccc(OC)cc12. The number of aromatic nitrogens is 6. The number of rotatable bonds is 14. The van der Waals surface area contributed by atoms with Crippen molar-refractivity contribution in [1.29, 1.82) is 0 Å². The molecule has 4 bridgehead atoms. The molecule has 4 aromatic heterocycles. The minimum absolute atomic E-state index is 0.0698. The standard InChI is InChI=1S/C58H60N8O4/c1-5-35-33-65-27-23-39(35)29-49(65)55(43-21-25-59-47-19-17-41(67-3)31-45(43)47)69-57-53-54(62-52(38-15-11-8-12-16-38)51(61-53)37-13-9-7-10-14-37)58(64-63-57)70-56(50-30-40-24-28-66(50)34-36(40)6-2)44-22-26-60-48-20-18-42(68-4)32-46(44)48/h7-22,25-26,31-32,35-36,39-40,49-50,55-56H,5-6,23-24,27-30,33-34H2,1-4H3/t35-,36-,39-,40-,49+,50+,55+,56+/m0/s1. The van der Waals surface area contributed by atoms with E-state index in [1.807, 2.05) is 73.1 Å². The fourth-order valence-corrected chi connectivity index (χ4v) is 12.6. The molecule has 14 rings (SSSR count). The summed E-state index contributed by atoms with van der Waals surface area (Å²) in [4.78, 5) is 26.1. The minimum Gasteiger partial charge on any atom is -0.497 e. The molecule has 4 aromatic carbocycles. The van der Waals surface area contributed by atoms with Crippen molar-refractivity contribution in [2.24, 2.45) is 23.7 Å². The summed E-state index contributed by atoms with van der Waals surface area (Å²) >= 11 is 0. The Morgan fingerprint density at radius 2 is 1.00 bits per heavy atom. The number of hydrogen-bond donors (Lipinski definition) is 0. The molecule has 0 aliphatic carbocycles. The zero-order valence-corrected chi connectivity index (χ0v) is 40.4. The van der Waals surface area contributed by atoms with Gasteiger partial charge in [0.25, 0.3) is 11.8 Å². The van der Waals surface area contributed by atoms with Gasteiger partial charge < -0.3 is 18.9 Å². The predicted molar refractivity (Wildman–Crippen MR) is 273 cm³/mol. The van der Waals surface area contributed by atoms with Crippen molar-refractivity contribution in [3.63, 3.8) is 0 Å². The Hall–Kier alpha value is -6.76. The van der Waals surface area contributed by atoms with Crippen LogP contribution in [0.2, 0.25) is 0 Å². The second kappa shape index (κ2) is 18.9. The Morgan fingerprint density at radius 1 is 0.557 bits per heavy atom. The Bertz CT molecular complexity index is 2970. The van der Waals surface area contributed by atoms with Gasteiger partial charge in [0.1, 0.15) is 23.7 Å². The Labute approximate surface area is 409 Å². The van der Waals surface area contributed by atoms with Gasteiger partial charge in [0, 0.05) is 58.5 Å². The summed E-state index contributed by atoms with van der Waals surface area (Å²) in [6, 6.07) is 37.0. The summed E-state index contributed by atoms with van der Waals surface area (Å²) in [7, 11) is 3.41. The van der Waals surface area contributed by atoms with Gasteiger partial charge in [-0.25, -0.2) is 9.97 Å². The molecule has 0 radical (unpaired) electrons. The summed E-state index contributed by atoms with van der Waals surface area (Å²) in [6.07, 6.45) is 9.61. The van der Waals surface area contributed by atoms with Gasteiger partial charge in [-0.3, -0.25) is 19.8 Å². The normalized spacial score (nSPS) is 24.7. The zero-order valence-electron chi connectivity index (χ0n) is 40.4. The Balaban J connectivity index is 1.06. The average Bonchev–Trinajstić information content (AvgIpc) is 3.43. The molecule has 70 heavy (non-hydrogen) atoms. The van der Waals surface area contributed by atoms with Gasteiger partial charge >= 0.3 is 0 Å². The molecule has 0 N–H and O–H groups in total. The lowest BCUT2D eigenvalue weighted by molar-refractivity contribution is -0.0505. The molecule has 0 spiro atoms. The molecule has 2 unspecified atom stereocenters. The van der Waals surface area contributed by atoms with Crippen molar-refractivity contribution in [3.8, 4) is 45.8 Å². The van der Waals surface area contributed by atoms with Crippen molar-refractivity contribution < 1.29 is 18.9 Å². The summed E-state index contributed by atoms with van der Waals surface area (Å²) < 4.78 is 26.6. The van der Waals surface area contributed by atoms with Crippen molar-refractivity contribution in [1.82, 2.24) is 39.9 Å². The first-order valence-corrected chi connectivity index (χ1v) is 25.3. The van der Waals surface area contributed by atoms with E-state index in [-0.39, 0.29) is 12.1 Å². The van der Waals surface area contributed by atoms with E-state index in [1.165, 1.54) is 12.8 Å². The quantitative estimate of drug-likeness (QED) is 0.103. The fourth-order valence-electron chi connectivity index (χ4n) is 12.6. The van der Waals surface area contributed by atoms with E-state index in [4.69, 9.17) is 49.1 Å². The molecule has 6 saturated heterocycles. The van der Waals surface area contributed by atoms with Crippen LogP contribution in [0.15, 0.2) is 122 Å². The first-order valence-electron chi connectivity index (χ1n) is 25.3. The van der Waals surface area contributed by atoms with Crippen molar-refractivity contribution in [2.75, 3.05) is 40.4 Å². The lowest BCUT2D eigenvalue weighted by atomic mass is 9.72. The summed E-state index contributed by atoms with van der Waals surface area (Å²) in [5, 5.41) is 12.1.